The van der Waals surface area contributed by atoms with Crippen molar-refractivity contribution in [2.45, 2.75) is 386 Å². The van der Waals surface area contributed by atoms with E-state index in [4.69, 9.17) is 18.9 Å². The Morgan fingerprint density at radius 1 is 0.313 bits per heavy atom. The largest absolute Gasteiger partial charge is 0.545 e. The maximum Gasteiger partial charge on any atom is 0.306 e. The lowest BCUT2D eigenvalue weighted by Crippen LogP contribution is -2.44. The van der Waals surface area contributed by atoms with Gasteiger partial charge >= 0.3 is 11.9 Å². The highest BCUT2D eigenvalue weighted by molar-refractivity contribution is 5.70. The highest BCUT2D eigenvalue weighted by atomic mass is 16.7. The number of nitrogens with zero attached hydrogens (tertiary/aromatic N) is 1. The number of ether oxygens (including phenoxy) is 4. The summed E-state index contributed by atoms with van der Waals surface area (Å²) in [7, 11) is 5.94. The van der Waals surface area contributed by atoms with Crippen molar-refractivity contribution in [3.8, 4) is 0 Å². The fourth-order valence-corrected chi connectivity index (χ4v) is 11.9. The summed E-state index contributed by atoms with van der Waals surface area (Å²) >= 11 is 0. The number of likely N-dealkylation sites (N-methyl/N-ethyl adjacent to an activating group) is 1. The van der Waals surface area contributed by atoms with E-state index >= 15 is 0 Å². The molecule has 0 fully saturated rings. The molecule has 0 spiro atoms. The molecule has 0 radical (unpaired) electrons. The van der Waals surface area contributed by atoms with Gasteiger partial charge in [0.05, 0.1) is 40.3 Å². The van der Waals surface area contributed by atoms with Gasteiger partial charge in [0.1, 0.15) is 13.2 Å². The van der Waals surface area contributed by atoms with Crippen LogP contribution < -0.4 is 5.11 Å². The molecule has 0 aliphatic carbocycles. The highest BCUT2D eigenvalue weighted by Gasteiger charge is 2.22. The molecule has 0 saturated carbocycles. The Morgan fingerprint density at radius 3 is 0.859 bits per heavy atom. The molecule has 0 aliphatic heterocycles. The van der Waals surface area contributed by atoms with Gasteiger partial charge in [-0.15, -0.1) is 0 Å². The first kappa shape index (κ1) is 94.7. The van der Waals surface area contributed by atoms with Gasteiger partial charge in [0.15, 0.2) is 12.4 Å². The zero-order valence-corrected chi connectivity index (χ0v) is 65.3. The summed E-state index contributed by atoms with van der Waals surface area (Å²) in [6, 6.07) is 0. The van der Waals surface area contributed by atoms with Crippen molar-refractivity contribution in [2.24, 2.45) is 0 Å². The Bertz CT molecular complexity index is 2050. The monoisotopic (exact) mass is 1380 g/mol. The smallest absolute Gasteiger partial charge is 0.306 e. The molecule has 99 heavy (non-hydrogen) atoms. The number of carbonyl (C=O) groups excluding carboxylic acids is 3. The molecule has 0 aromatic heterocycles. The Balaban J connectivity index is 3.99. The molecular formula is C90H157NO8. The molecule has 2 atom stereocenters. The molecule has 0 amide bonds. The van der Waals surface area contributed by atoms with Gasteiger partial charge in [0, 0.05) is 12.8 Å². The third-order valence-electron chi connectivity index (χ3n) is 18.2. The van der Waals surface area contributed by atoms with Crippen molar-refractivity contribution in [3.05, 3.63) is 122 Å². The minimum absolute atomic E-state index is 0.146. The van der Waals surface area contributed by atoms with Crippen molar-refractivity contribution in [3.63, 3.8) is 0 Å². The van der Waals surface area contributed by atoms with Gasteiger partial charge in [-0.05, 0) is 109 Å². The van der Waals surface area contributed by atoms with Crippen LogP contribution in [0.3, 0.4) is 0 Å². The van der Waals surface area contributed by atoms with Crippen LogP contribution in [0.1, 0.15) is 373 Å². The first-order valence-electron chi connectivity index (χ1n) is 41.7. The van der Waals surface area contributed by atoms with E-state index in [0.717, 1.165) is 89.9 Å². The number of hydrogen-bond donors (Lipinski definition) is 0. The normalized spacial score (nSPS) is 13.3. The van der Waals surface area contributed by atoms with Crippen LogP contribution in [-0.4, -0.2) is 82.3 Å². The van der Waals surface area contributed by atoms with Crippen molar-refractivity contribution in [2.75, 3.05) is 47.5 Å². The second kappa shape index (κ2) is 79.4. The number of esters is 2. The fourth-order valence-electron chi connectivity index (χ4n) is 11.9. The number of carboxylic acid groups (broad SMARTS) is 1. The zero-order valence-electron chi connectivity index (χ0n) is 65.3. The van der Waals surface area contributed by atoms with Gasteiger partial charge in [0.2, 0.25) is 0 Å². The number of aliphatic carboxylic acids is 1. The van der Waals surface area contributed by atoms with E-state index in [0.29, 0.717) is 23.9 Å². The van der Waals surface area contributed by atoms with Crippen molar-refractivity contribution in [1.29, 1.82) is 0 Å². The maximum absolute atomic E-state index is 13.0. The topological polar surface area (TPSA) is 111 Å². The SMILES string of the molecule is CC/C=C\C/C=C\C/C=C\C/C=C\C/C=C\C/C=C\C/C=C\CCCCCCCCCCCCCCCCCCCCCC(=O)OC(COC(=O)CCCCCCCCCCCCCCCCCCCC/C=C\C/C=C\C/C=C\CCCCCCC)COC(OCC[N+](C)(C)C)C(=O)[O-]. The van der Waals surface area contributed by atoms with Crippen LogP contribution in [0.4, 0.5) is 0 Å². The number of carbonyl (C=O) groups is 3. The lowest BCUT2D eigenvalue weighted by atomic mass is 10.0. The molecule has 2 unspecified atom stereocenters. The van der Waals surface area contributed by atoms with Crippen LogP contribution in [0.15, 0.2) is 122 Å². The first-order valence-corrected chi connectivity index (χ1v) is 41.7. The van der Waals surface area contributed by atoms with E-state index in [1.807, 2.05) is 21.1 Å². The molecule has 0 saturated heterocycles. The van der Waals surface area contributed by atoms with E-state index < -0.39 is 24.3 Å². The van der Waals surface area contributed by atoms with Crippen LogP contribution in [-0.2, 0) is 33.3 Å². The molecule has 570 valence electrons. The number of allylic oxidation sites excluding steroid dienone is 20. The molecular weight excluding hydrogens is 1220 g/mol. The number of rotatable bonds is 77. The Morgan fingerprint density at radius 2 is 0.576 bits per heavy atom. The number of quaternary nitrogens is 1. The number of carboxylic acids is 1. The van der Waals surface area contributed by atoms with Crippen molar-refractivity contribution in [1.82, 2.24) is 0 Å². The van der Waals surface area contributed by atoms with Gasteiger partial charge < -0.3 is 33.3 Å². The molecule has 0 rings (SSSR count). The zero-order chi connectivity index (χ0) is 71.8. The molecule has 0 bridgehead atoms. The van der Waals surface area contributed by atoms with E-state index in [-0.39, 0.29) is 32.2 Å². The molecule has 0 aromatic carbocycles. The van der Waals surface area contributed by atoms with Crippen LogP contribution >= 0.6 is 0 Å². The van der Waals surface area contributed by atoms with Crippen molar-refractivity contribution >= 4 is 17.9 Å². The summed E-state index contributed by atoms with van der Waals surface area (Å²) in [5.41, 5.74) is 0. The van der Waals surface area contributed by atoms with Crippen LogP contribution in [0.5, 0.6) is 0 Å². The number of hydrogen-bond acceptors (Lipinski definition) is 8. The van der Waals surface area contributed by atoms with Gasteiger partial charge in [-0.1, -0.05) is 373 Å². The molecule has 0 aromatic rings. The molecule has 0 N–H and O–H groups in total. The summed E-state index contributed by atoms with van der Waals surface area (Å²) < 4.78 is 22.9. The standard InChI is InChI=1S/C90H157NO8/c1-6-8-10-12-14-16-18-20-22-24-26-28-30-32-34-36-38-40-41-42-43-44-45-46-47-49-51-53-55-57-59-61-63-65-67-69-71-73-75-77-79-81-88(93)99-86(85-98-90(89(94)95)96-83-82-91(3,4)5)84-97-87(92)80-78-76-74-72-70-68-66-64-62-60-58-56-54-52-50-48-39-37-35-33-31-29-27-25-23-21-19-17-15-13-11-9-7-2/h8,10,14,16,19-22,25-28,31-34,38,40,42-43,86,90H,6-7,9,11-13,15,17-18,23-24,29-30,35-37,39,41,44-85H2,1-5H3/b10-8-,16-14-,21-19-,22-20-,27-25-,28-26-,33-31-,34-32-,40-38-,43-42-. The van der Waals surface area contributed by atoms with Crippen LogP contribution in [0.25, 0.3) is 0 Å². The molecule has 9 nitrogen and oxygen atoms in total. The van der Waals surface area contributed by atoms with Gasteiger partial charge in [-0.25, -0.2) is 0 Å². The molecule has 0 heterocycles. The van der Waals surface area contributed by atoms with Gasteiger partial charge in [-0.2, -0.15) is 0 Å². The lowest BCUT2D eigenvalue weighted by molar-refractivity contribution is -0.870. The van der Waals surface area contributed by atoms with Crippen LogP contribution in [0.2, 0.25) is 0 Å². The second-order valence-corrected chi connectivity index (χ2v) is 29.0. The predicted molar refractivity (Wildman–Crippen MR) is 426 cm³/mol. The van der Waals surface area contributed by atoms with E-state index in [9.17, 15) is 19.5 Å². The minimum atomic E-state index is -1.63. The Kier molecular flexibility index (Phi) is 75.9. The average molecular weight is 1380 g/mol. The van der Waals surface area contributed by atoms with E-state index in [1.165, 1.54) is 250 Å². The van der Waals surface area contributed by atoms with Gasteiger partial charge in [0.25, 0.3) is 0 Å². The summed E-state index contributed by atoms with van der Waals surface area (Å²) in [6.45, 7) is 4.67. The molecule has 9 heteroatoms. The average Bonchev–Trinajstić information content (AvgIpc) is 2.62. The van der Waals surface area contributed by atoms with Crippen LogP contribution in [0, 0.1) is 0 Å². The molecule has 0 aliphatic rings. The lowest BCUT2D eigenvalue weighted by Gasteiger charge is -2.26. The Labute approximate surface area is 612 Å². The van der Waals surface area contributed by atoms with Crippen molar-refractivity contribution < 1.29 is 42.9 Å². The summed E-state index contributed by atoms with van der Waals surface area (Å²) in [4.78, 5) is 37.6. The number of unbranched alkanes of at least 4 members (excludes halogenated alkanes) is 42. The first-order chi connectivity index (χ1) is 48.6. The third kappa shape index (κ3) is 80.9. The predicted octanol–water partition coefficient (Wildman–Crippen LogP) is 25.7. The highest BCUT2D eigenvalue weighted by Crippen LogP contribution is 2.19. The van der Waals surface area contributed by atoms with E-state index in [1.54, 1.807) is 0 Å². The summed E-state index contributed by atoms with van der Waals surface area (Å²) in [5.74, 6) is -2.26. The quantitative estimate of drug-likeness (QED) is 0.0195. The maximum atomic E-state index is 13.0. The van der Waals surface area contributed by atoms with E-state index in [2.05, 4.69) is 135 Å². The summed E-state index contributed by atoms with van der Waals surface area (Å²) in [6.07, 6.45) is 110. The Hall–Kier alpha value is -4.31. The fraction of sp³-hybridized carbons (Fsp3) is 0.744. The van der Waals surface area contributed by atoms with Gasteiger partial charge in [-0.3, -0.25) is 9.59 Å². The minimum Gasteiger partial charge on any atom is -0.545 e. The summed E-state index contributed by atoms with van der Waals surface area (Å²) in [5, 5.41) is 11.9. The second-order valence-electron chi connectivity index (χ2n) is 29.0. The third-order valence-corrected chi connectivity index (χ3v) is 18.2.